The van der Waals surface area contributed by atoms with Crippen molar-refractivity contribution in [3.8, 4) is 0 Å². The van der Waals surface area contributed by atoms with Crippen molar-refractivity contribution in [1.82, 2.24) is 20.3 Å². The maximum absolute atomic E-state index is 10.0. The highest BCUT2D eigenvalue weighted by Gasteiger charge is 2.42. The lowest BCUT2D eigenvalue weighted by Crippen LogP contribution is -2.54. The first kappa shape index (κ1) is 17.4. The van der Waals surface area contributed by atoms with Crippen LogP contribution in [0.5, 0.6) is 0 Å². The van der Waals surface area contributed by atoms with E-state index in [2.05, 4.69) is 57.2 Å². The minimum absolute atomic E-state index is 0.0543. The third-order valence-electron chi connectivity index (χ3n) is 4.63. The summed E-state index contributed by atoms with van der Waals surface area (Å²) in [4.78, 5) is 0. The van der Waals surface area contributed by atoms with Crippen LogP contribution in [0.2, 0.25) is 0 Å². The maximum atomic E-state index is 10.0. The quantitative estimate of drug-likeness (QED) is 0.898. The van der Waals surface area contributed by atoms with Gasteiger partial charge in [-0.25, -0.2) is 4.68 Å². The highest BCUT2D eigenvalue weighted by molar-refractivity contribution is 5.02. The standard InChI is InChI=1S/C17H32N4O/c1-13-7-16(5,6)11-17(8-13,12-22)18-9-14-10-21(20-19-14)15(2,3)4/h10,13,18,22H,7-9,11-12H2,1-6H3. The van der Waals surface area contributed by atoms with Crippen LogP contribution in [0.25, 0.3) is 0 Å². The van der Waals surface area contributed by atoms with Crippen LogP contribution in [0.4, 0.5) is 0 Å². The van der Waals surface area contributed by atoms with Crippen LogP contribution in [0.1, 0.15) is 66.5 Å². The fourth-order valence-electron chi connectivity index (χ4n) is 4.04. The van der Waals surface area contributed by atoms with Gasteiger partial charge >= 0.3 is 0 Å². The Balaban J connectivity index is 2.06. The van der Waals surface area contributed by atoms with E-state index >= 15 is 0 Å². The molecule has 1 heterocycles. The van der Waals surface area contributed by atoms with Crippen LogP contribution in [-0.4, -0.2) is 32.2 Å². The molecule has 0 radical (unpaired) electrons. The minimum atomic E-state index is -0.202. The summed E-state index contributed by atoms with van der Waals surface area (Å²) in [5.74, 6) is 0.619. The van der Waals surface area contributed by atoms with Crippen LogP contribution in [0.15, 0.2) is 6.20 Å². The van der Waals surface area contributed by atoms with Crippen molar-refractivity contribution >= 4 is 0 Å². The Bertz CT molecular complexity index is 503. The highest BCUT2D eigenvalue weighted by atomic mass is 16.3. The molecule has 1 fully saturated rings. The molecule has 1 aromatic rings. The predicted octanol–water partition coefficient (Wildman–Crippen LogP) is 2.70. The lowest BCUT2D eigenvalue weighted by Gasteiger charge is -2.47. The number of aliphatic hydroxyl groups is 1. The van der Waals surface area contributed by atoms with E-state index in [0.717, 1.165) is 18.5 Å². The van der Waals surface area contributed by atoms with E-state index in [-0.39, 0.29) is 23.1 Å². The molecule has 126 valence electrons. The number of hydrogen-bond donors (Lipinski definition) is 2. The second kappa shape index (κ2) is 5.93. The summed E-state index contributed by atoms with van der Waals surface area (Å²) >= 11 is 0. The molecule has 1 aromatic heterocycles. The molecule has 1 aliphatic carbocycles. The van der Waals surface area contributed by atoms with Crippen molar-refractivity contribution in [3.63, 3.8) is 0 Å². The van der Waals surface area contributed by atoms with Gasteiger partial charge in [-0.3, -0.25) is 0 Å². The molecule has 5 nitrogen and oxygen atoms in total. The van der Waals surface area contributed by atoms with E-state index in [1.807, 2.05) is 10.9 Å². The number of nitrogens with zero attached hydrogens (tertiary/aromatic N) is 3. The Hall–Kier alpha value is -0.940. The molecule has 0 amide bonds. The van der Waals surface area contributed by atoms with Crippen LogP contribution in [-0.2, 0) is 12.1 Å². The van der Waals surface area contributed by atoms with Gasteiger partial charge in [0.05, 0.1) is 24.0 Å². The summed E-state index contributed by atoms with van der Waals surface area (Å²) in [5.41, 5.74) is 0.934. The first-order valence-electron chi connectivity index (χ1n) is 8.33. The van der Waals surface area contributed by atoms with Gasteiger partial charge in [-0.2, -0.15) is 0 Å². The van der Waals surface area contributed by atoms with Gasteiger partial charge in [-0.1, -0.05) is 26.0 Å². The summed E-state index contributed by atoms with van der Waals surface area (Å²) in [6.45, 7) is 14.0. The summed E-state index contributed by atoms with van der Waals surface area (Å²) in [5, 5.41) is 22.1. The van der Waals surface area contributed by atoms with Crippen molar-refractivity contribution in [2.45, 2.75) is 78.4 Å². The number of hydrogen-bond acceptors (Lipinski definition) is 4. The zero-order valence-electron chi connectivity index (χ0n) is 15.0. The van der Waals surface area contributed by atoms with Gasteiger partial charge in [0.25, 0.3) is 0 Å². The van der Waals surface area contributed by atoms with Crippen molar-refractivity contribution in [3.05, 3.63) is 11.9 Å². The van der Waals surface area contributed by atoms with Crippen LogP contribution in [0.3, 0.4) is 0 Å². The Kier molecular flexibility index (Phi) is 4.69. The highest BCUT2D eigenvalue weighted by Crippen LogP contribution is 2.43. The van der Waals surface area contributed by atoms with Crippen molar-refractivity contribution in [2.75, 3.05) is 6.61 Å². The van der Waals surface area contributed by atoms with Crippen molar-refractivity contribution in [1.29, 1.82) is 0 Å². The minimum Gasteiger partial charge on any atom is -0.394 e. The van der Waals surface area contributed by atoms with Gasteiger partial charge < -0.3 is 10.4 Å². The van der Waals surface area contributed by atoms with E-state index in [9.17, 15) is 5.11 Å². The number of aromatic nitrogens is 3. The van der Waals surface area contributed by atoms with E-state index < -0.39 is 0 Å². The molecule has 2 N–H and O–H groups in total. The zero-order valence-corrected chi connectivity index (χ0v) is 15.0. The fraction of sp³-hybridized carbons (Fsp3) is 0.882. The molecular formula is C17H32N4O. The van der Waals surface area contributed by atoms with Crippen LogP contribution in [0, 0.1) is 11.3 Å². The normalized spacial score (nSPS) is 28.8. The first-order chi connectivity index (χ1) is 10.1. The summed E-state index contributed by atoms with van der Waals surface area (Å²) in [7, 11) is 0. The molecule has 1 aliphatic rings. The Morgan fingerprint density at radius 1 is 1.36 bits per heavy atom. The summed E-state index contributed by atoms with van der Waals surface area (Å²) < 4.78 is 1.89. The smallest absolute Gasteiger partial charge is 0.0965 e. The SMILES string of the molecule is CC1CC(C)(C)CC(CO)(NCc2cn(C(C)(C)C)nn2)C1. The molecule has 0 bridgehead atoms. The molecule has 1 saturated carbocycles. The third-order valence-corrected chi connectivity index (χ3v) is 4.63. The van der Waals surface area contributed by atoms with Gasteiger partial charge in [-0.15, -0.1) is 5.10 Å². The molecule has 5 heteroatoms. The Labute approximate surface area is 134 Å². The van der Waals surface area contributed by atoms with E-state index in [1.54, 1.807) is 0 Å². The molecule has 0 spiro atoms. The monoisotopic (exact) mass is 308 g/mol. The zero-order chi connectivity index (χ0) is 16.6. The largest absolute Gasteiger partial charge is 0.394 e. The van der Waals surface area contributed by atoms with Gasteiger partial charge in [0.2, 0.25) is 0 Å². The molecule has 0 saturated heterocycles. The summed E-state index contributed by atoms with van der Waals surface area (Å²) in [6.07, 6.45) is 5.22. The second-order valence-electron chi connectivity index (χ2n) is 8.97. The lowest BCUT2D eigenvalue weighted by molar-refractivity contribution is 0.0350. The number of rotatable bonds is 4. The average Bonchev–Trinajstić information content (AvgIpc) is 2.82. The van der Waals surface area contributed by atoms with Crippen LogP contribution >= 0.6 is 0 Å². The Morgan fingerprint density at radius 3 is 2.55 bits per heavy atom. The van der Waals surface area contributed by atoms with Gasteiger partial charge in [0.15, 0.2) is 0 Å². The third kappa shape index (κ3) is 4.07. The summed E-state index contributed by atoms with van der Waals surface area (Å²) in [6, 6.07) is 0. The van der Waals surface area contributed by atoms with Crippen molar-refractivity contribution in [2.24, 2.45) is 11.3 Å². The molecule has 2 rings (SSSR count). The van der Waals surface area contributed by atoms with Gasteiger partial charge in [0.1, 0.15) is 0 Å². The second-order valence-corrected chi connectivity index (χ2v) is 8.97. The average molecular weight is 308 g/mol. The van der Waals surface area contributed by atoms with E-state index in [0.29, 0.717) is 12.5 Å². The lowest BCUT2D eigenvalue weighted by atomic mass is 9.64. The molecule has 2 unspecified atom stereocenters. The topological polar surface area (TPSA) is 63.0 Å². The van der Waals surface area contributed by atoms with Gasteiger partial charge in [0, 0.05) is 12.1 Å². The first-order valence-corrected chi connectivity index (χ1v) is 8.33. The van der Waals surface area contributed by atoms with E-state index in [4.69, 9.17) is 0 Å². The maximum Gasteiger partial charge on any atom is 0.0965 e. The molecular weight excluding hydrogens is 276 g/mol. The Morgan fingerprint density at radius 2 is 2.05 bits per heavy atom. The van der Waals surface area contributed by atoms with E-state index in [1.165, 1.54) is 6.42 Å². The molecule has 22 heavy (non-hydrogen) atoms. The number of nitrogens with one attached hydrogen (secondary N) is 1. The molecule has 0 aromatic carbocycles. The van der Waals surface area contributed by atoms with Gasteiger partial charge in [-0.05, 0) is 51.4 Å². The van der Waals surface area contributed by atoms with Crippen LogP contribution < -0.4 is 5.32 Å². The fourth-order valence-corrected chi connectivity index (χ4v) is 4.04. The number of aliphatic hydroxyl groups excluding tert-OH is 1. The molecule has 0 aliphatic heterocycles. The molecule has 2 atom stereocenters. The predicted molar refractivity (Wildman–Crippen MR) is 88.5 cm³/mol. The van der Waals surface area contributed by atoms with Crippen molar-refractivity contribution < 1.29 is 5.11 Å².